The summed E-state index contributed by atoms with van der Waals surface area (Å²) < 4.78 is 0.906. The molecule has 1 atom stereocenters. The highest BCUT2D eigenvalue weighted by molar-refractivity contribution is 9.10. The smallest absolute Gasteiger partial charge is 0.103 e. The monoisotopic (exact) mass is 306 g/mol. The highest BCUT2D eigenvalue weighted by atomic mass is 79.9. The average Bonchev–Trinajstić information content (AvgIpc) is 2.39. The fourth-order valence-corrected chi connectivity index (χ4v) is 3.26. The van der Waals surface area contributed by atoms with Gasteiger partial charge in [0.25, 0.3) is 0 Å². The van der Waals surface area contributed by atoms with Gasteiger partial charge < -0.3 is 4.90 Å². The predicted octanol–water partition coefficient (Wildman–Crippen LogP) is 4.48. The lowest BCUT2D eigenvalue weighted by Gasteiger charge is -2.38. The number of nitrogens with zero attached hydrogens (tertiary/aromatic N) is 2. The second kappa shape index (κ2) is 6.24. The Morgan fingerprint density at radius 3 is 3.00 bits per heavy atom. The molecule has 0 N–H and O–H groups in total. The predicted molar refractivity (Wildman–Crippen MR) is 78.8 cm³/mol. The SMILES string of the molecule is CCCC1CCCCN1c1cccc(Br)c1C#N. The number of benzene rings is 1. The molecule has 1 aliphatic rings. The van der Waals surface area contributed by atoms with Crippen molar-refractivity contribution in [3.8, 4) is 6.07 Å². The van der Waals surface area contributed by atoms with Crippen molar-refractivity contribution in [2.45, 2.75) is 45.1 Å². The van der Waals surface area contributed by atoms with E-state index in [1.165, 1.54) is 32.1 Å². The van der Waals surface area contributed by atoms with Crippen LogP contribution in [0.25, 0.3) is 0 Å². The van der Waals surface area contributed by atoms with Crippen molar-refractivity contribution in [2.75, 3.05) is 11.4 Å². The minimum atomic E-state index is 0.602. The van der Waals surface area contributed by atoms with E-state index in [0.29, 0.717) is 6.04 Å². The summed E-state index contributed by atoms with van der Waals surface area (Å²) in [5.74, 6) is 0. The summed E-state index contributed by atoms with van der Waals surface area (Å²) >= 11 is 3.48. The summed E-state index contributed by atoms with van der Waals surface area (Å²) in [6.45, 7) is 3.31. The second-order valence-electron chi connectivity index (χ2n) is 4.88. The van der Waals surface area contributed by atoms with Crippen LogP contribution in [0.4, 0.5) is 5.69 Å². The molecule has 1 aliphatic heterocycles. The number of anilines is 1. The molecule has 0 amide bonds. The molecular weight excluding hydrogens is 288 g/mol. The first kappa shape index (κ1) is 13.4. The van der Waals surface area contributed by atoms with E-state index in [1.807, 2.05) is 12.1 Å². The van der Waals surface area contributed by atoms with E-state index in [4.69, 9.17) is 0 Å². The summed E-state index contributed by atoms with van der Waals surface area (Å²) in [5, 5.41) is 9.34. The van der Waals surface area contributed by atoms with Gasteiger partial charge in [-0.05, 0) is 53.7 Å². The third-order valence-electron chi connectivity index (χ3n) is 3.66. The maximum Gasteiger partial charge on any atom is 0.103 e. The molecule has 3 heteroatoms. The largest absolute Gasteiger partial charge is 0.367 e. The van der Waals surface area contributed by atoms with Crippen LogP contribution in [0.3, 0.4) is 0 Å². The molecule has 0 radical (unpaired) electrons. The van der Waals surface area contributed by atoms with E-state index >= 15 is 0 Å². The van der Waals surface area contributed by atoms with E-state index in [1.54, 1.807) is 0 Å². The number of halogens is 1. The van der Waals surface area contributed by atoms with Crippen LogP contribution in [0, 0.1) is 11.3 Å². The van der Waals surface area contributed by atoms with Gasteiger partial charge in [0.2, 0.25) is 0 Å². The van der Waals surface area contributed by atoms with Gasteiger partial charge in [-0.3, -0.25) is 0 Å². The fraction of sp³-hybridized carbons (Fsp3) is 0.533. The van der Waals surface area contributed by atoms with E-state index in [0.717, 1.165) is 22.3 Å². The minimum Gasteiger partial charge on any atom is -0.367 e. The van der Waals surface area contributed by atoms with Crippen LogP contribution in [0.15, 0.2) is 22.7 Å². The van der Waals surface area contributed by atoms with Gasteiger partial charge in [-0.15, -0.1) is 0 Å². The van der Waals surface area contributed by atoms with Crippen molar-refractivity contribution >= 4 is 21.6 Å². The summed E-state index contributed by atoms with van der Waals surface area (Å²) in [7, 11) is 0. The normalized spacial score (nSPS) is 19.6. The molecule has 0 aliphatic carbocycles. The number of hydrogen-bond acceptors (Lipinski definition) is 2. The number of hydrogen-bond donors (Lipinski definition) is 0. The van der Waals surface area contributed by atoms with Crippen molar-refractivity contribution in [1.29, 1.82) is 5.26 Å². The van der Waals surface area contributed by atoms with Crippen LogP contribution < -0.4 is 4.90 Å². The molecule has 18 heavy (non-hydrogen) atoms. The Balaban J connectivity index is 2.34. The lowest BCUT2D eigenvalue weighted by Crippen LogP contribution is -2.39. The van der Waals surface area contributed by atoms with Gasteiger partial charge in [0.05, 0.1) is 11.3 Å². The molecule has 96 valence electrons. The number of nitriles is 1. The molecule has 1 heterocycles. The Morgan fingerprint density at radius 2 is 2.28 bits per heavy atom. The van der Waals surface area contributed by atoms with Crippen LogP contribution in [-0.2, 0) is 0 Å². The first-order valence-corrected chi connectivity index (χ1v) is 7.52. The Labute approximate surface area is 118 Å². The third kappa shape index (κ3) is 2.70. The lowest BCUT2D eigenvalue weighted by molar-refractivity contribution is 0.434. The van der Waals surface area contributed by atoms with Crippen molar-refractivity contribution in [2.24, 2.45) is 0 Å². The minimum absolute atomic E-state index is 0.602. The van der Waals surface area contributed by atoms with Gasteiger partial charge >= 0.3 is 0 Å². The molecule has 1 unspecified atom stereocenters. The van der Waals surface area contributed by atoms with Crippen molar-refractivity contribution < 1.29 is 0 Å². The molecular formula is C15H19BrN2. The molecule has 1 aromatic rings. The Kier molecular flexibility index (Phi) is 4.66. The van der Waals surface area contributed by atoms with Gasteiger partial charge in [-0.1, -0.05) is 19.4 Å². The average molecular weight is 307 g/mol. The van der Waals surface area contributed by atoms with E-state index in [9.17, 15) is 5.26 Å². The maximum absolute atomic E-state index is 9.34. The number of piperidine rings is 1. The fourth-order valence-electron chi connectivity index (χ4n) is 2.81. The van der Waals surface area contributed by atoms with Gasteiger partial charge in [-0.25, -0.2) is 0 Å². The van der Waals surface area contributed by atoms with E-state index in [2.05, 4.69) is 39.9 Å². The zero-order valence-corrected chi connectivity index (χ0v) is 12.4. The van der Waals surface area contributed by atoms with Crippen LogP contribution in [0.5, 0.6) is 0 Å². The Bertz CT molecular complexity index is 448. The van der Waals surface area contributed by atoms with E-state index in [-0.39, 0.29) is 0 Å². The van der Waals surface area contributed by atoms with Crippen molar-refractivity contribution in [3.63, 3.8) is 0 Å². The van der Waals surface area contributed by atoms with Crippen molar-refractivity contribution in [1.82, 2.24) is 0 Å². The molecule has 1 saturated heterocycles. The standard InChI is InChI=1S/C15H19BrN2/c1-2-6-12-7-3-4-10-18(12)15-9-5-8-14(16)13(15)11-17/h5,8-9,12H,2-4,6-7,10H2,1H3. The Morgan fingerprint density at radius 1 is 1.44 bits per heavy atom. The molecule has 0 aromatic heterocycles. The number of rotatable bonds is 3. The topological polar surface area (TPSA) is 27.0 Å². The summed E-state index contributed by atoms with van der Waals surface area (Å²) in [6, 6.07) is 8.99. The quantitative estimate of drug-likeness (QED) is 0.823. The Hall–Kier alpha value is -1.01. The van der Waals surface area contributed by atoms with Crippen LogP contribution in [-0.4, -0.2) is 12.6 Å². The van der Waals surface area contributed by atoms with Gasteiger partial charge in [0.15, 0.2) is 0 Å². The van der Waals surface area contributed by atoms with E-state index < -0.39 is 0 Å². The highest BCUT2D eigenvalue weighted by Crippen LogP contribution is 2.32. The zero-order valence-electron chi connectivity index (χ0n) is 10.8. The maximum atomic E-state index is 9.34. The first-order valence-electron chi connectivity index (χ1n) is 6.73. The van der Waals surface area contributed by atoms with Gasteiger partial charge in [0, 0.05) is 17.1 Å². The zero-order chi connectivity index (χ0) is 13.0. The summed E-state index contributed by atoms with van der Waals surface area (Å²) in [5.41, 5.74) is 1.88. The van der Waals surface area contributed by atoms with Gasteiger partial charge in [-0.2, -0.15) is 5.26 Å². The molecule has 0 saturated carbocycles. The molecule has 2 rings (SSSR count). The second-order valence-corrected chi connectivity index (χ2v) is 5.73. The lowest BCUT2D eigenvalue weighted by atomic mass is 9.96. The molecule has 1 fully saturated rings. The van der Waals surface area contributed by atoms with Gasteiger partial charge in [0.1, 0.15) is 6.07 Å². The van der Waals surface area contributed by atoms with Crippen LogP contribution in [0.1, 0.15) is 44.6 Å². The van der Waals surface area contributed by atoms with Crippen LogP contribution >= 0.6 is 15.9 Å². The first-order chi connectivity index (χ1) is 8.77. The summed E-state index contributed by atoms with van der Waals surface area (Å²) in [4.78, 5) is 2.44. The molecule has 0 spiro atoms. The molecule has 2 nitrogen and oxygen atoms in total. The van der Waals surface area contributed by atoms with Crippen LogP contribution in [0.2, 0.25) is 0 Å². The third-order valence-corrected chi connectivity index (χ3v) is 4.32. The molecule has 0 bridgehead atoms. The molecule has 1 aromatic carbocycles. The summed E-state index contributed by atoms with van der Waals surface area (Å²) in [6.07, 6.45) is 6.23. The highest BCUT2D eigenvalue weighted by Gasteiger charge is 2.24. The van der Waals surface area contributed by atoms with Crippen molar-refractivity contribution in [3.05, 3.63) is 28.2 Å².